The van der Waals surface area contributed by atoms with Crippen molar-refractivity contribution < 1.29 is 23.1 Å². The van der Waals surface area contributed by atoms with E-state index in [9.17, 15) is 23.1 Å². The van der Waals surface area contributed by atoms with Crippen molar-refractivity contribution in [1.29, 1.82) is 5.26 Å². The van der Waals surface area contributed by atoms with Gasteiger partial charge < -0.3 is 10.0 Å². The molecule has 4 nitrogen and oxygen atoms in total. The van der Waals surface area contributed by atoms with E-state index in [4.69, 9.17) is 5.26 Å². The van der Waals surface area contributed by atoms with Gasteiger partial charge in [0.15, 0.2) is 5.92 Å². The van der Waals surface area contributed by atoms with Crippen molar-refractivity contribution in [2.45, 2.75) is 32.4 Å². The van der Waals surface area contributed by atoms with Gasteiger partial charge in [-0.15, -0.1) is 0 Å². The lowest BCUT2D eigenvalue weighted by Crippen LogP contribution is -2.38. The zero-order valence-corrected chi connectivity index (χ0v) is 10.7. The molecule has 1 saturated heterocycles. The highest BCUT2D eigenvalue weighted by atomic mass is 19.4. The first-order chi connectivity index (χ1) is 8.75. The first kappa shape index (κ1) is 15.8. The maximum atomic E-state index is 12.5. The van der Waals surface area contributed by atoms with Gasteiger partial charge in [-0.1, -0.05) is 13.3 Å². The number of nitrogens with zero attached hydrogens (tertiary/aromatic N) is 2. The van der Waals surface area contributed by atoms with Gasteiger partial charge in [0.25, 0.3) is 0 Å². The van der Waals surface area contributed by atoms with Gasteiger partial charge in [-0.05, 0) is 19.4 Å². The van der Waals surface area contributed by atoms with Gasteiger partial charge in [0, 0.05) is 13.1 Å². The number of nitriles is 1. The molecule has 0 spiro atoms. The Morgan fingerprint density at radius 2 is 2.21 bits per heavy atom. The topological polar surface area (TPSA) is 64.3 Å². The minimum absolute atomic E-state index is 0.0877. The standard InChI is InChI=1S/C12H17F3N2O2/c1-2-3-11(10(18)19)4-5-17(8-11)7-9(6-16)12(13,14)15/h9H,2-5,7-8H2,1H3,(H,18,19). The molecule has 7 heteroatoms. The Labute approximate surface area is 109 Å². The van der Waals surface area contributed by atoms with E-state index < -0.39 is 30.0 Å². The Bertz CT molecular complexity index is 378. The first-order valence-electron chi connectivity index (χ1n) is 6.17. The van der Waals surface area contributed by atoms with Gasteiger partial charge in [0.1, 0.15) is 0 Å². The number of rotatable bonds is 5. The summed E-state index contributed by atoms with van der Waals surface area (Å²) in [7, 11) is 0. The zero-order valence-electron chi connectivity index (χ0n) is 10.7. The quantitative estimate of drug-likeness (QED) is 0.837. The first-order valence-corrected chi connectivity index (χ1v) is 6.17. The van der Waals surface area contributed by atoms with E-state index >= 15 is 0 Å². The second-order valence-electron chi connectivity index (χ2n) is 5.04. The van der Waals surface area contributed by atoms with Crippen LogP contribution in [0.25, 0.3) is 0 Å². The molecule has 0 aromatic rings. The normalized spacial score (nSPS) is 26.1. The average Bonchev–Trinajstić information content (AvgIpc) is 2.69. The Morgan fingerprint density at radius 1 is 1.58 bits per heavy atom. The smallest absolute Gasteiger partial charge is 0.405 e. The van der Waals surface area contributed by atoms with Crippen LogP contribution in [0.15, 0.2) is 0 Å². The summed E-state index contributed by atoms with van der Waals surface area (Å²) < 4.78 is 37.5. The van der Waals surface area contributed by atoms with Gasteiger partial charge >= 0.3 is 12.1 Å². The number of likely N-dealkylation sites (tertiary alicyclic amines) is 1. The molecule has 0 radical (unpaired) electrons. The third-order valence-corrected chi connectivity index (χ3v) is 3.61. The summed E-state index contributed by atoms with van der Waals surface area (Å²) >= 11 is 0. The van der Waals surface area contributed by atoms with Gasteiger partial charge in [-0.2, -0.15) is 18.4 Å². The van der Waals surface area contributed by atoms with E-state index in [2.05, 4.69) is 0 Å². The molecule has 1 aliphatic heterocycles. The highest BCUT2D eigenvalue weighted by Gasteiger charge is 2.47. The summed E-state index contributed by atoms with van der Waals surface area (Å²) in [6.07, 6.45) is -3.11. The second kappa shape index (κ2) is 5.78. The minimum atomic E-state index is -4.56. The number of carbonyl (C=O) groups is 1. The maximum Gasteiger partial charge on any atom is 0.405 e. The van der Waals surface area contributed by atoms with Gasteiger partial charge in [0.2, 0.25) is 0 Å². The Morgan fingerprint density at radius 3 is 2.63 bits per heavy atom. The predicted octanol–water partition coefficient (Wildman–Crippen LogP) is 2.27. The lowest BCUT2D eigenvalue weighted by atomic mass is 9.83. The van der Waals surface area contributed by atoms with Crippen LogP contribution in [0.2, 0.25) is 0 Å². The van der Waals surface area contributed by atoms with E-state index in [0.29, 0.717) is 25.8 Å². The molecule has 1 heterocycles. The number of alkyl halides is 3. The molecular formula is C12H17F3N2O2. The highest BCUT2D eigenvalue weighted by Crippen LogP contribution is 2.37. The summed E-state index contributed by atoms with van der Waals surface area (Å²) in [4.78, 5) is 12.7. The molecule has 1 rings (SSSR count). The van der Waals surface area contributed by atoms with Crippen LogP contribution in [0.4, 0.5) is 13.2 Å². The van der Waals surface area contributed by atoms with Crippen molar-refractivity contribution in [3.05, 3.63) is 0 Å². The summed E-state index contributed by atoms with van der Waals surface area (Å²) in [5.41, 5.74) is -0.958. The Hall–Kier alpha value is -1.29. The third-order valence-electron chi connectivity index (χ3n) is 3.61. The third kappa shape index (κ3) is 3.60. The minimum Gasteiger partial charge on any atom is -0.481 e. The van der Waals surface area contributed by atoms with Gasteiger partial charge in [-0.3, -0.25) is 4.79 Å². The van der Waals surface area contributed by atoms with Crippen molar-refractivity contribution in [2.24, 2.45) is 11.3 Å². The number of hydrogen-bond donors (Lipinski definition) is 1. The summed E-state index contributed by atoms with van der Waals surface area (Å²) in [5, 5.41) is 17.8. The summed E-state index contributed by atoms with van der Waals surface area (Å²) in [6.45, 7) is 1.78. The fourth-order valence-corrected chi connectivity index (χ4v) is 2.55. The molecule has 0 amide bonds. The maximum absolute atomic E-state index is 12.5. The number of carboxylic acid groups (broad SMARTS) is 1. The molecule has 0 aromatic heterocycles. The highest BCUT2D eigenvalue weighted by molar-refractivity contribution is 5.75. The molecule has 0 bridgehead atoms. The lowest BCUT2D eigenvalue weighted by Gasteiger charge is -2.25. The Balaban J connectivity index is 2.70. The fraction of sp³-hybridized carbons (Fsp3) is 0.833. The van der Waals surface area contributed by atoms with E-state index in [-0.39, 0.29) is 6.54 Å². The number of hydrogen-bond acceptors (Lipinski definition) is 3. The molecule has 108 valence electrons. The molecule has 0 aliphatic carbocycles. The molecular weight excluding hydrogens is 261 g/mol. The summed E-state index contributed by atoms with van der Waals surface area (Å²) in [5.74, 6) is -3.02. The predicted molar refractivity (Wildman–Crippen MR) is 61.2 cm³/mol. The van der Waals surface area contributed by atoms with E-state index in [0.717, 1.165) is 0 Å². The average molecular weight is 278 g/mol. The van der Waals surface area contributed by atoms with Gasteiger partial charge in [0.05, 0.1) is 11.5 Å². The summed E-state index contributed by atoms with van der Waals surface area (Å²) in [6, 6.07) is 1.24. The van der Waals surface area contributed by atoms with E-state index in [1.54, 1.807) is 0 Å². The van der Waals surface area contributed by atoms with Crippen LogP contribution < -0.4 is 0 Å². The van der Waals surface area contributed by atoms with Crippen molar-refractivity contribution in [1.82, 2.24) is 4.90 Å². The number of halogens is 3. The fourth-order valence-electron chi connectivity index (χ4n) is 2.55. The molecule has 1 N–H and O–H groups in total. The number of aliphatic carboxylic acids is 1. The second-order valence-corrected chi connectivity index (χ2v) is 5.04. The van der Waals surface area contributed by atoms with Crippen LogP contribution in [0, 0.1) is 22.7 Å². The van der Waals surface area contributed by atoms with E-state index in [1.807, 2.05) is 6.92 Å². The largest absolute Gasteiger partial charge is 0.481 e. The van der Waals surface area contributed by atoms with Gasteiger partial charge in [-0.25, -0.2) is 0 Å². The van der Waals surface area contributed by atoms with Crippen LogP contribution >= 0.6 is 0 Å². The van der Waals surface area contributed by atoms with Crippen LogP contribution in [0.1, 0.15) is 26.2 Å². The van der Waals surface area contributed by atoms with Crippen LogP contribution in [0.5, 0.6) is 0 Å². The lowest BCUT2D eigenvalue weighted by molar-refractivity contribution is -0.163. The van der Waals surface area contributed by atoms with Crippen molar-refractivity contribution in [3.63, 3.8) is 0 Å². The van der Waals surface area contributed by atoms with Crippen molar-refractivity contribution in [3.8, 4) is 6.07 Å². The molecule has 19 heavy (non-hydrogen) atoms. The Kier molecular flexibility index (Phi) is 4.80. The SMILES string of the molecule is CCCC1(C(=O)O)CCN(CC(C#N)C(F)(F)F)C1. The molecule has 0 saturated carbocycles. The monoisotopic (exact) mass is 278 g/mol. The zero-order chi connectivity index (χ0) is 14.7. The molecule has 0 aromatic carbocycles. The van der Waals surface area contributed by atoms with Crippen LogP contribution in [-0.2, 0) is 4.79 Å². The van der Waals surface area contributed by atoms with Crippen molar-refractivity contribution >= 4 is 5.97 Å². The van der Waals surface area contributed by atoms with Crippen LogP contribution in [-0.4, -0.2) is 41.8 Å². The molecule has 2 atom stereocenters. The van der Waals surface area contributed by atoms with Crippen LogP contribution in [0.3, 0.4) is 0 Å². The molecule has 1 aliphatic rings. The van der Waals surface area contributed by atoms with E-state index in [1.165, 1.54) is 11.0 Å². The van der Waals surface area contributed by atoms with Crippen molar-refractivity contribution in [2.75, 3.05) is 19.6 Å². The molecule has 1 fully saturated rings. The molecule has 2 unspecified atom stereocenters. The number of carboxylic acids is 1.